The molecule has 0 aliphatic carbocycles. The molecule has 8 heteroatoms. The van der Waals surface area contributed by atoms with Gasteiger partial charge < -0.3 is 14.9 Å². The Kier molecular flexibility index (Phi) is 5.32. The third kappa shape index (κ3) is 3.62. The van der Waals surface area contributed by atoms with Gasteiger partial charge in [-0.25, -0.2) is 4.98 Å². The quantitative estimate of drug-likeness (QED) is 0.788. The molecule has 0 spiro atoms. The number of hydrogen-bond acceptors (Lipinski definition) is 6. The van der Waals surface area contributed by atoms with E-state index in [1.54, 1.807) is 0 Å². The number of rotatable bonds is 5. The molecular formula is C20H27N5O3. The van der Waals surface area contributed by atoms with Gasteiger partial charge in [0, 0.05) is 57.9 Å². The van der Waals surface area contributed by atoms with Gasteiger partial charge >= 0.3 is 0 Å². The summed E-state index contributed by atoms with van der Waals surface area (Å²) in [5, 5.41) is 9.63. The Morgan fingerprint density at radius 3 is 2.64 bits per heavy atom. The van der Waals surface area contributed by atoms with Crippen molar-refractivity contribution in [3.05, 3.63) is 34.9 Å². The summed E-state index contributed by atoms with van der Waals surface area (Å²) in [5.74, 6) is 0.255. The van der Waals surface area contributed by atoms with E-state index in [0.29, 0.717) is 23.4 Å². The summed E-state index contributed by atoms with van der Waals surface area (Å²) in [5.41, 5.74) is 1.64. The molecule has 1 aromatic heterocycles. The minimum atomic E-state index is -0.120. The van der Waals surface area contributed by atoms with Crippen LogP contribution >= 0.6 is 0 Å². The summed E-state index contributed by atoms with van der Waals surface area (Å²) >= 11 is 0. The van der Waals surface area contributed by atoms with Crippen molar-refractivity contribution in [2.45, 2.75) is 25.4 Å². The van der Waals surface area contributed by atoms with Crippen LogP contribution in [0.4, 0.5) is 5.69 Å². The van der Waals surface area contributed by atoms with E-state index in [4.69, 9.17) is 5.11 Å². The zero-order valence-electron chi connectivity index (χ0n) is 16.3. The van der Waals surface area contributed by atoms with E-state index in [2.05, 4.69) is 14.8 Å². The number of aromatic nitrogens is 2. The highest BCUT2D eigenvalue weighted by atomic mass is 16.3. The summed E-state index contributed by atoms with van der Waals surface area (Å²) in [7, 11) is 1.91. The summed E-state index contributed by atoms with van der Waals surface area (Å²) in [4.78, 5) is 35.2. The highest BCUT2D eigenvalue weighted by molar-refractivity contribution is 5.81. The molecule has 2 aliphatic rings. The fourth-order valence-corrected chi connectivity index (χ4v) is 4.17. The first kappa shape index (κ1) is 18.9. The van der Waals surface area contributed by atoms with Crippen molar-refractivity contribution in [2.24, 2.45) is 0 Å². The average molecular weight is 385 g/mol. The number of carbonyl (C=O) groups is 1. The maximum absolute atomic E-state index is 12.4. The molecule has 2 aliphatic heterocycles. The molecule has 1 amide bonds. The van der Waals surface area contributed by atoms with Crippen molar-refractivity contribution in [3.8, 4) is 0 Å². The standard InChI is InChI=1S/C20H27N5O3/c1-22-16(3-5-19(22)27)13-23-6-8-24(9-7-23)15-2-4-17-18(12-15)21-14-25(10-11-26)20(17)28/h2,4,12,14,16,26H,3,5-11,13H2,1H3. The third-order valence-electron chi connectivity index (χ3n) is 5.99. The summed E-state index contributed by atoms with van der Waals surface area (Å²) < 4.78 is 1.44. The lowest BCUT2D eigenvalue weighted by atomic mass is 10.1. The van der Waals surface area contributed by atoms with Gasteiger partial charge in [-0.15, -0.1) is 0 Å². The minimum Gasteiger partial charge on any atom is -0.395 e. The van der Waals surface area contributed by atoms with Crippen LogP contribution in [0, 0.1) is 0 Å². The number of aliphatic hydroxyl groups excluding tert-OH is 1. The lowest BCUT2D eigenvalue weighted by Crippen LogP contribution is -2.50. The number of aliphatic hydroxyl groups is 1. The number of anilines is 1. The maximum Gasteiger partial charge on any atom is 0.261 e. The van der Waals surface area contributed by atoms with Crippen LogP contribution in [-0.2, 0) is 11.3 Å². The van der Waals surface area contributed by atoms with Crippen LogP contribution in [0.5, 0.6) is 0 Å². The van der Waals surface area contributed by atoms with Crippen molar-refractivity contribution in [1.29, 1.82) is 0 Å². The molecular weight excluding hydrogens is 358 g/mol. The number of likely N-dealkylation sites (N-methyl/N-ethyl adjacent to an activating group) is 1. The number of likely N-dealkylation sites (tertiary alicyclic amines) is 1. The number of carbonyl (C=O) groups excluding carboxylic acids is 1. The van der Waals surface area contributed by atoms with Gasteiger partial charge in [-0.05, 0) is 24.6 Å². The largest absolute Gasteiger partial charge is 0.395 e. The Bertz CT molecular complexity index is 920. The molecule has 2 saturated heterocycles. The molecule has 2 aromatic rings. The Labute approximate surface area is 164 Å². The molecule has 28 heavy (non-hydrogen) atoms. The van der Waals surface area contributed by atoms with E-state index in [1.165, 1.54) is 10.9 Å². The van der Waals surface area contributed by atoms with Gasteiger partial charge in [0.2, 0.25) is 5.91 Å². The molecule has 150 valence electrons. The molecule has 3 heterocycles. The second-order valence-corrected chi connectivity index (χ2v) is 7.65. The molecule has 1 aromatic carbocycles. The highest BCUT2D eigenvalue weighted by Crippen LogP contribution is 2.22. The van der Waals surface area contributed by atoms with Gasteiger partial charge in [-0.1, -0.05) is 0 Å². The van der Waals surface area contributed by atoms with Gasteiger partial charge in [-0.2, -0.15) is 0 Å². The van der Waals surface area contributed by atoms with E-state index < -0.39 is 0 Å². The van der Waals surface area contributed by atoms with Crippen LogP contribution in [-0.4, -0.2) is 82.8 Å². The molecule has 0 bridgehead atoms. The van der Waals surface area contributed by atoms with Crippen LogP contribution in [0.1, 0.15) is 12.8 Å². The Hall–Kier alpha value is -2.45. The summed E-state index contributed by atoms with van der Waals surface area (Å²) in [6.45, 7) is 4.87. The predicted molar refractivity (Wildman–Crippen MR) is 108 cm³/mol. The molecule has 4 rings (SSSR count). The van der Waals surface area contributed by atoms with Gasteiger partial charge in [-0.3, -0.25) is 19.1 Å². The molecule has 0 radical (unpaired) electrons. The average Bonchev–Trinajstić information content (AvgIpc) is 3.03. The number of hydrogen-bond donors (Lipinski definition) is 1. The minimum absolute atomic E-state index is 0.0831. The SMILES string of the molecule is CN1C(=O)CCC1CN1CCN(c2ccc3c(=O)n(CCO)cnc3c2)CC1. The van der Waals surface area contributed by atoms with Crippen LogP contribution in [0.2, 0.25) is 0 Å². The topological polar surface area (TPSA) is 81.9 Å². The molecule has 8 nitrogen and oxygen atoms in total. The van der Waals surface area contributed by atoms with Crippen molar-refractivity contribution in [1.82, 2.24) is 19.4 Å². The van der Waals surface area contributed by atoms with Crippen molar-refractivity contribution >= 4 is 22.5 Å². The number of benzene rings is 1. The molecule has 1 atom stereocenters. The Morgan fingerprint density at radius 2 is 1.96 bits per heavy atom. The Balaban J connectivity index is 1.41. The summed E-state index contributed by atoms with van der Waals surface area (Å²) in [6, 6.07) is 6.12. The second-order valence-electron chi connectivity index (χ2n) is 7.65. The molecule has 0 saturated carbocycles. The predicted octanol–water partition coefficient (Wildman–Crippen LogP) is 0.132. The van der Waals surface area contributed by atoms with E-state index in [9.17, 15) is 9.59 Å². The van der Waals surface area contributed by atoms with Crippen molar-refractivity contribution in [2.75, 3.05) is 51.3 Å². The number of nitrogens with zero attached hydrogens (tertiary/aromatic N) is 5. The van der Waals surface area contributed by atoms with Gasteiger partial charge in [0.25, 0.3) is 5.56 Å². The van der Waals surface area contributed by atoms with Crippen molar-refractivity contribution < 1.29 is 9.90 Å². The number of amides is 1. The fraction of sp³-hybridized carbons (Fsp3) is 0.550. The molecule has 1 unspecified atom stereocenters. The van der Waals surface area contributed by atoms with E-state index in [1.807, 2.05) is 30.1 Å². The van der Waals surface area contributed by atoms with E-state index >= 15 is 0 Å². The fourth-order valence-electron chi connectivity index (χ4n) is 4.17. The number of fused-ring (bicyclic) bond motifs is 1. The first-order valence-corrected chi connectivity index (χ1v) is 9.90. The molecule has 2 fully saturated rings. The smallest absolute Gasteiger partial charge is 0.261 e. The van der Waals surface area contributed by atoms with Crippen LogP contribution < -0.4 is 10.5 Å². The van der Waals surface area contributed by atoms with Crippen molar-refractivity contribution in [3.63, 3.8) is 0 Å². The van der Waals surface area contributed by atoms with Crippen LogP contribution in [0.3, 0.4) is 0 Å². The Morgan fingerprint density at radius 1 is 1.18 bits per heavy atom. The highest BCUT2D eigenvalue weighted by Gasteiger charge is 2.30. The second kappa shape index (κ2) is 7.89. The van der Waals surface area contributed by atoms with Crippen LogP contribution in [0.25, 0.3) is 10.9 Å². The van der Waals surface area contributed by atoms with Crippen LogP contribution in [0.15, 0.2) is 29.3 Å². The lowest BCUT2D eigenvalue weighted by Gasteiger charge is -2.38. The van der Waals surface area contributed by atoms with Gasteiger partial charge in [0.05, 0.1) is 30.4 Å². The monoisotopic (exact) mass is 385 g/mol. The zero-order chi connectivity index (χ0) is 19.7. The van der Waals surface area contributed by atoms with Gasteiger partial charge in [0.1, 0.15) is 0 Å². The summed E-state index contributed by atoms with van der Waals surface area (Å²) in [6.07, 6.45) is 3.13. The molecule has 1 N–H and O–H groups in total. The lowest BCUT2D eigenvalue weighted by molar-refractivity contribution is -0.127. The first-order valence-electron chi connectivity index (χ1n) is 9.90. The maximum atomic E-state index is 12.4. The third-order valence-corrected chi connectivity index (χ3v) is 5.99. The zero-order valence-corrected chi connectivity index (χ0v) is 16.3. The first-order chi connectivity index (χ1) is 13.6. The normalized spacial score (nSPS) is 21.1. The van der Waals surface area contributed by atoms with E-state index in [-0.39, 0.29) is 24.6 Å². The number of piperazine rings is 1. The van der Waals surface area contributed by atoms with E-state index in [0.717, 1.165) is 44.8 Å². The van der Waals surface area contributed by atoms with Gasteiger partial charge in [0.15, 0.2) is 0 Å².